The third-order valence-corrected chi connectivity index (χ3v) is 2.85. The van der Waals surface area contributed by atoms with Gasteiger partial charge in [0, 0.05) is 11.6 Å². The first-order valence-corrected chi connectivity index (χ1v) is 5.74. The number of aromatic nitrogens is 1. The third-order valence-electron chi connectivity index (χ3n) is 2.14. The van der Waals surface area contributed by atoms with E-state index in [1.54, 1.807) is 5.32 Å². The van der Waals surface area contributed by atoms with Crippen LogP contribution in [0, 0.1) is 5.82 Å². The van der Waals surface area contributed by atoms with Crippen molar-refractivity contribution < 1.29 is 22.4 Å². The summed E-state index contributed by atoms with van der Waals surface area (Å²) in [7, 11) is 0. The van der Waals surface area contributed by atoms with Crippen LogP contribution >= 0.6 is 11.5 Å². The molecule has 0 saturated heterocycles. The molecule has 0 spiro atoms. The quantitative estimate of drug-likeness (QED) is 0.861. The standard InChI is InChI=1S/C11H6F4N2OS/c12-7-3-1-6(2-4-7)8-5-9(19-17-8)16-10(18)11(13,14)15/h1-5H,(H,16,18). The minimum absolute atomic E-state index is 0.0262. The number of rotatable bonds is 2. The van der Waals surface area contributed by atoms with Crippen molar-refractivity contribution in [3.63, 3.8) is 0 Å². The smallest absolute Gasteiger partial charge is 0.309 e. The molecule has 1 N–H and O–H groups in total. The summed E-state index contributed by atoms with van der Waals surface area (Å²) in [4.78, 5) is 10.7. The molecular formula is C11H6F4N2OS. The molecule has 0 atom stereocenters. The number of carbonyl (C=O) groups excluding carboxylic acids is 1. The number of nitrogens with one attached hydrogen (secondary N) is 1. The summed E-state index contributed by atoms with van der Waals surface area (Å²) in [6, 6.07) is 6.60. The summed E-state index contributed by atoms with van der Waals surface area (Å²) in [6.45, 7) is 0. The second-order valence-electron chi connectivity index (χ2n) is 3.54. The molecule has 0 aliphatic rings. The largest absolute Gasteiger partial charge is 0.471 e. The molecule has 3 nitrogen and oxygen atoms in total. The molecular weight excluding hydrogens is 284 g/mol. The van der Waals surface area contributed by atoms with E-state index < -0.39 is 17.9 Å². The molecule has 0 radical (unpaired) electrons. The van der Waals surface area contributed by atoms with Crippen LogP contribution in [0.5, 0.6) is 0 Å². The number of benzene rings is 1. The van der Waals surface area contributed by atoms with E-state index in [2.05, 4.69) is 4.37 Å². The summed E-state index contributed by atoms with van der Waals surface area (Å²) in [5.41, 5.74) is 0.910. The third kappa shape index (κ3) is 3.28. The van der Waals surface area contributed by atoms with Gasteiger partial charge in [-0.1, -0.05) is 0 Å². The van der Waals surface area contributed by atoms with Crippen molar-refractivity contribution in [3.8, 4) is 11.3 Å². The highest BCUT2D eigenvalue weighted by Crippen LogP contribution is 2.27. The predicted molar refractivity (Wildman–Crippen MR) is 62.2 cm³/mol. The molecule has 1 heterocycles. The normalized spacial score (nSPS) is 11.4. The maximum absolute atomic E-state index is 12.7. The highest BCUT2D eigenvalue weighted by atomic mass is 32.1. The fraction of sp³-hybridized carbons (Fsp3) is 0.0909. The van der Waals surface area contributed by atoms with E-state index in [4.69, 9.17) is 0 Å². The van der Waals surface area contributed by atoms with Crippen molar-refractivity contribution in [2.24, 2.45) is 0 Å². The van der Waals surface area contributed by atoms with Crippen LogP contribution in [0.4, 0.5) is 22.6 Å². The fourth-order valence-electron chi connectivity index (χ4n) is 1.27. The van der Waals surface area contributed by atoms with E-state index >= 15 is 0 Å². The monoisotopic (exact) mass is 290 g/mol. The average Bonchev–Trinajstić information content (AvgIpc) is 2.77. The van der Waals surface area contributed by atoms with E-state index in [1.807, 2.05) is 0 Å². The second kappa shape index (κ2) is 4.96. The maximum Gasteiger partial charge on any atom is 0.471 e. The number of alkyl halides is 3. The Morgan fingerprint density at radius 1 is 1.21 bits per heavy atom. The van der Waals surface area contributed by atoms with Crippen molar-refractivity contribution in [3.05, 3.63) is 36.1 Å². The van der Waals surface area contributed by atoms with Gasteiger partial charge in [-0.3, -0.25) is 4.79 Å². The van der Waals surface area contributed by atoms with E-state index in [1.165, 1.54) is 30.3 Å². The van der Waals surface area contributed by atoms with Crippen LogP contribution in [-0.2, 0) is 4.79 Å². The number of amides is 1. The summed E-state index contributed by atoms with van der Waals surface area (Å²) in [5, 5.41) is 1.68. The van der Waals surface area contributed by atoms with Gasteiger partial charge in [0.2, 0.25) is 0 Å². The Balaban J connectivity index is 2.16. The van der Waals surface area contributed by atoms with E-state index in [0.29, 0.717) is 11.3 Å². The highest BCUT2D eigenvalue weighted by molar-refractivity contribution is 7.10. The molecule has 19 heavy (non-hydrogen) atoms. The molecule has 0 saturated carbocycles. The molecule has 2 aromatic rings. The average molecular weight is 290 g/mol. The Morgan fingerprint density at radius 3 is 2.42 bits per heavy atom. The molecule has 1 aromatic heterocycles. The van der Waals surface area contributed by atoms with Crippen LogP contribution in [0.1, 0.15) is 0 Å². The number of hydrogen-bond donors (Lipinski definition) is 1. The Kier molecular flexibility index (Phi) is 3.52. The van der Waals surface area contributed by atoms with Crippen molar-refractivity contribution in [1.29, 1.82) is 0 Å². The molecule has 100 valence electrons. The Hall–Kier alpha value is -1.96. The van der Waals surface area contributed by atoms with Gasteiger partial charge in [-0.15, -0.1) is 0 Å². The van der Waals surface area contributed by atoms with Crippen LogP contribution in [0.25, 0.3) is 11.3 Å². The van der Waals surface area contributed by atoms with Gasteiger partial charge in [0.15, 0.2) is 0 Å². The molecule has 8 heteroatoms. The first kappa shape index (κ1) is 13.5. The molecule has 0 bridgehead atoms. The number of hydrogen-bond acceptors (Lipinski definition) is 3. The van der Waals surface area contributed by atoms with Gasteiger partial charge in [0.25, 0.3) is 0 Å². The van der Waals surface area contributed by atoms with E-state index in [0.717, 1.165) is 11.5 Å². The molecule has 0 fully saturated rings. The van der Waals surface area contributed by atoms with E-state index in [-0.39, 0.29) is 5.00 Å². The lowest BCUT2D eigenvalue weighted by Gasteiger charge is -2.04. The van der Waals surface area contributed by atoms with Crippen LogP contribution in [-0.4, -0.2) is 16.5 Å². The summed E-state index contributed by atoms with van der Waals surface area (Å²) < 4.78 is 52.7. The predicted octanol–water partition coefficient (Wildman–Crippen LogP) is 3.45. The number of nitrogens with zero attached hydrogens (tertiary/aromatic N) is 1. The molecule has 0 aliphatic heterocycles. The molecule has 0 aliphatic carbocycles. The molecule has 0 unspecified atom stereocenters. The molecule has 1 amide bonds. The second-order valence-corrected chi connectivity index (χ2v) is 4.34. The van der Waals surface area contributed by atoms with Crippen molar-refractivity contribution in [2.75, 3.05) is 5.32 Å². The summed E-state index contributed by atoms with van der Waals surface area (Å²) in [6.07, 6.45) is -4.94. The number of carbonyl (C=O) groups is 1. The maximum atomic E-state index is 12.7. The van der Waals surface area contributed by atoms with Crippen LogP contribution in [0.15, 0.2) is 30.3 Å². The number of halogens is 4. The Morgan fingerprint density at radius 2 is 1.84 bits per heavy atom. The topological polar surface area (TPSA) is 42.0 Å². The highest BCUT2D eigenvalue weighted by Gasteiger charge is 2.38. The minimum Gasteiger partial charge on any atom is -0.309 e. The Labute approximate surface area is 109 Å². The van der Waals surface area contributed by atoms with Crippen LogP contribution in [0.2, 0.25) is 0 Å². The zero-order chi connectivity index (χ0) is 14.0. The summed E-state index contributed by atoms with van der Waals surface area (Å²) in [5.74, 6) is -2.48. The Bertz CT molecular complexity index is 591. The fourth-order valence-corrected chi connectivity index (χ4v) is 1.93. The molecule has 2 rings (SSSR count). The first-order valence-electron chi connectivity index (χ1n) is 4.97. The van der Waals surface area contributed by atoms with Gasteiger partial charge in [-0.2, -0.15) is 17.5 Å². The lowest BCUT2D eigenvalue weighted by Crippen LogP contribution is -2.29. The van der Waals surface area contributed by atoms with Gasteiger partial charge in [-0.05, 0) is 35.8 Å². The van der Waals surface area contributed by atoms with E-state index in [9.17, 15) is 22.4 Å². The van der Waals surface area contributed by atoms with Crippen molar-refractivity contribution in [2.45, 2.75) is 6.18 Å². The van der Waals surface area contributed by atoms with Crippen LogP contribution < -0.4 is 5.32 Å². The summed E-state index contributed by atoms with van der Waals surface area (Å²) >= 11 is 0.717. The van der Waals surface area contributed by atoms with Gasteiger partial charge >= 0.3 is 12.1 Å². The van der Waals surface area contributed by atoms with Gasteiger partial charge in [0.1, 0.15) is 10.8 Å². The lowest BCUT2D eigenvalue weighted by molar-refractivity contribution is -0.167. The zero-order valence-electron chi connectivity index (χ0n) is 9.16. The SMILES string of the molecule is O=C(Nc1cc(-c2ccc(F)cc2)ns1)C(F)(F)F. The van der Waals surface area contributed by atoms with Crippen molar-refractivity contribution in [1.82, 2.24) is 4.37 Å². The van der Waals surface area contributed by atoms with Gasteiger partial charge < -0.3 is 5.32 Å². The lowest BCUT2D eigenvalue weighted by atomic mass is 10.1. The molecule has 1 aromatic carbocycles. The first-order chi connectivity index (χ1) is 8.86. The van der Waals surface area contributed by atoms with Crippen LogP contribution in [0.3, 0.4) is 0 Å². The minimum atomic E-state index is -4.94. The number of anilines is 1. The zero-order valence-corrected chi connectivity index (χ0v) is 9.98. The van der Waals surface area contributed by atoms with Crippen molar-refractivity contribution >= 4 is 22.4 Å². The van der Waals surface area contributed by atoms with Gasteiger partial charge in [0.05, 0.1) is 5.69 Å². The van der Waals surface area contributed by atoms with Gasteiger partial charge in [-0.25, -0.2) is 4.39 Å².